The molecule has 0 spiro atoms. The molecule has 0 aromatic carbocycles. The fourth-order valence-corrected chi connectivity index (χ4v) is 2.16. The van der Waals surface area contributed by atoms with Crippen LogP contribution in [0.5, 0.6) is 0 Å². The molecule has 0 unspecified atom stereocenters. The van der Waals surface area contributed by atoms with Crippen LogP contribution in [0.15, 0.2) is 18.3 Å². The van der Waals surface area contributed by atoms with Crippen LogP contribution in [0.2, 0.25) is 0 Å². The van der Waals surface area contributed by atoms with Crippen LogP contribution < -0.4 is 5.32 Å². The first-order chi connectivity index (χ1) is 10.9. The molecular formula is C17H25F3N2O2. The smallest absolute Gasteiger partial charge is 0.418 e. The monoisotopic (exact) mass is 346 g/mol. The molecule has 1 aromatic heterocycles. The van der Waals surface area contributed by atoms with E-state index >= 15 is 0 Å². The van der Waals surface area contributed by atoms with Crippen molar-refractivity contribution in [3.63, 3.8) is 0 Å². The summed E-state index contributed by atoms with van der Waals surface area (Å²) in [5.74, 6) is -0.290. The average Bonchev–Trinajstić information content (AvgIpc) is 2.40. The van der Waals surface area contributed by atoms with Gasteiger partial charge in [-0.1, -0.05) is 13.8 Å². The fraction of sp³-hybridized carbons (Fsp3) is 0.647. The minimum atomic E-state index is -4.48. The quantitative estimate of drug-likeness (QED) is 0.793. The molecule has 0 amide bonds. The number of hydrogen-bond acceptors (Lipinski definition) is 4. The summed E-state index contributed by atoms with van der Waals surface area (Å²) in [4.78, 5) is 16.1. The second kappa shape index (κ2) is 7.96. The summed E-state index contributed by atoms with van der Waals surface area (Å²) in [7, 11) is 0. The zero-order chi connectivity index (χ0) is 18.5. The van der Waals surface area contributed by atoms with E-state index in [1.165, 1.54) is 12.3 Å². The van der Waals surface area contributed by atoms with Crippen LogP contribution in [0.4, 0.5) is 13.2 Å². The lowest BCUT2D eigenvalue weighted by atomic mass is 10.0. The van der Waals surface area contributed by atoms with E-state index in [4.69, 9.17) is 4.74 Å². The van der Waals surface area contributed by atoms with E-state index in [9.17, 15) is 18.0 Å². The highest BCUT2D eigenvalue weighted by atomic mass is 19.4. The summed E-state index contributed by atoms with van der Waals surface area (Å²) in [5.41, 5.74) is -1.59. The number of esters is 1. The molecule has 0 saturated carbocycles. The second-order valence-electron chi connectivity index (χ2n) is 7.09. The maximum atomic E-state index is 13.0. The number of aromatic nitrogens is 1. The molecule has 1 rings (SSSR count). The molecule has 0 aliphatic carbocycles. The van der Waals surface area contributed by atoms with E-state index in [2.05, 4.69) is 10.3 Å². The van der Waals surface area contributed by atoms with Crippen LogP contribution in [0, 0.1) is 5.92 Å². The molecule has 4 nitrogen and oxygen atoms in total. The molecule has 1 N–H and O–H groups in total. The van der Waals surface area contributed by atoms with Crippen molar-refractivity contribution < 1.29 is 22.7 Å². The number of hydrogen-bond donors (Lipinski definition) is 1. The SMILES string of the molecule is CC(C)C[C@H](NCc1ncccc1C(F)(F)F)C(=O)OC(C)(C)C. The normalized spacial score (nSPS) is 13.9. The molecule has 24 heavy (non-hydrogen) atoms. The van der Waals surface area contributed by atoms with Crippen LogP contribution in [-0.4, -0.2) is 22.6 Å². The third-order valence-corrected chi connectivity index (χ3v) is 3.11. The molecule has 136 valence electrons. The topological polar surface area (TPSA) is 51.2 Å². The maximum absolute atomic E-state index is 13.0. The number of nitrogens with one attached hydrogen (secondary N) is 1. The highest BCUT2D eigenvalue weighted by Crippen LogP contribution is 2.31. The predicted octanol–water partition coefficient (Wildman–Crippen LogP) is 3.95. The van der Waals surface area contributed by atoms with Crippen LogP contribution in [-0.2, 0) is 22.3 Å². The van der Waals surface area contributed by atoms with Gasteiger partial charge in [0.2, 0.25) is 0 Å². The molecule has 7 heteroatoms. The third kappa shape index (κ3) is 6.86. The molecule has 1 atom stereocenters. The van der Waals surface area contributed by atoms with Crippen molar-refractivity contribution in [2.75, 3.05) is 0 Å². The van der Waals surface area contributed by atoms with Crippen molar-refractivity contribution in [1.82, 2.24) is 10.3 Å². The van der Waals surface area contributed by atoms with Gasteiger partial charge in [0.25, 0.3) is 0 Å². The van der Waals surface area contributed by atoms with E-state index in [1.807, 2.05) is 13.8 Å². The van der Waals surface area contributed by atoms with E-state index in [0.29, 0.717) is 6.42 Å². The van der Waals surface area contributed by atoms with Crippen LogP contribution >= 0.6 is 0 Å². The predicted molar refractivity (Wildman–Crippen MR) is 85.2 cm³/mol. The maximum Gasteiger partial charge on any atom is 0.418 e. The summed E-state index contributed by atoms with van der Waals surface area (Å²) >= 11 is 0. The lowest BCUT2D eigenvalue weighted by Gasteiger charge is -2.25. The summed E-state index contributed by atoms with van der Waals surface area (Å²) in [5, 5.41) is 2.87. The fourth-order valence-electron chi connectivity index (χ4n) is 2.16. The summed E-state index contributed by atoms with van der Waals surface area (Å²) in [6.07, 6.45) is -2.72. The Hall–Kier alpha value is -1.63. The van der Waals surface area contributed by atoms with E-state index in [0.717, 1.165) is 6.07 Å². The van der Waals surface area contributed by atoms with Crippen molar-refractivity contribution >= 4 is 5.97 Å². The number of alkyl halides is 3. The largest absolute Gasteiger partial charge is 0.459 e. The van der Waals surface area contributed by atoms with Gasteiger partial charge >= 0.3 is 12.1 Å². The first-order valence-corrected chi connectivity index (χ1v) is 7.87. The third-order valence-electron chi connectivity index (χ3n) is 3.11. The Morgan fingerprint density at radius 1 is 1.29 bits per heavy atom. The number of pyridine rings is 1. The molecule has 0 bridgehead atoms. The van der Waals surface area contributed by atoms with Crippen molar-refractivity contribution in [2.45, 2.75) is 65.4 Å². The van der Waals surface area contributed by atoms with Gasteiger partial charge in [-0.15, -0.1) is 0 Å². The molecule has 1 aromatic rings. The standard InChI is InChI=1S/C17H25F3N2O2/c1-11(2)9-13(15(23)24-16(3,4)5)22-10-14-12(17(18,19)20)7-6-8-21-14/h6-8,11,13,22H,9-10H2,1-5H3/t13-/m0/s1. The van der Waals surface area contributed by atoms with Crippen molar-refractivity contribution in [3.8, 4) is 0 Å². The summed E-state index contributed by atoms with van der Waals surface area (Å²) in [6.45, 7) is 8.95. The van der Waals surface area contributed by atoms with Crippen LogP contribution in [0.3, 0.4) is 0 Å². The van der Waals surface area contributed by atoms with Crippen molar-refractivity contribution in [1.29, 1.82) is 0 Å². The van der Waals surface area contributed by atoms with E-state index < -0.39 is 29.4 Å². The number of carbonyl (C=O) groups excluding carboxylic acids is 1. The van der Waals surface area contributed by atoms with Gasteiger partial charge in [0.1, 0.15) is 11.6 Å². The molecule has 0 aliphatic heterocycles. The van der Waals surface area contributed by atoms with Gasteiger partial charge in [0.05, 0.1) is 11.3 Å². The van der Waals surface area contributed by atoms with Gasteiger partial charge in [-0.2, -0.15) is 13.2 Å². The minimum absolute atomic E-state index is 0.137. The molecule has 0 fully saturated rings. The van der Waals surface area contributed by atoms with Gasteiger partial charge in [-0.25, -0.2) is 0 Å². The Bertz CT molecular complexity index is 552. The minimum Gasteiger partial charge on any atom is -0.459 e. The zero-order valence-corrected chi connectivity index (χ0v) is 14.7. The van der Waals surface area contributed by atoms with Gasteiger partial charge in [-0.05, 0) is 45.2 Å². The number of carbonyl (C=O) groups is 1. The Balaban J connectivity index is 2.88. The average molecular weight is 346 g/mol. The summed E-state index contributed by atoms with van der Waals surface area (Å²) in [6, 6.07) is 1.54. The van der Waals surface area contributed by atoms with Crippen molar-refractivity contribution in [2.24, 2.45) is 5.92 Å². The number of nitrogens with zero attached hydrogens (tertiary/aromatic N) is 1. The van der Waals surface area contributed by atoms with Crippen molar-refractivity contribution in [3.05, 3.63) is 29.6 Å². The number of rotatable bonds is 6. The summed E-state index contributed by atoms with van der Waals surface area (Å²) < 4.78 is 44.4. The zero-order valence-electron chi connectivity index (χ0n) is 14.7. The Morgan fingerprint density at radius 2 is 1.92 bits per heavy atom. The lowest BCUT2D eigenvalue weighted by molar-refractivity contribution is -0.158. The first-order valence-electron chi connectivity index (χ1n) is 7.87. The molecule has 0 radical (unpaired) electrons. The van der Waals surface area contributed by atoms with Gasteiger partial charge in [0, 0.05) is 12.7 Å². The van der Waals surface area contributed by atoms with Gasteiger partial charge in [0.15, 0.2) is 0 Å². The van der Waals surface area contributed by atoms with Crippen LogP contribution in [0.25, 0.3) is 0 Å². The Kier molecular flexibility index (Phi) is 6.77. The van der Waals surface area contributed by atoms with Gasteiger partial charge in [-0.3, -0.25) is 15.1 Å². The van der Waals surface area contributed by atoms with E-state index in [-0.39, 0.29) is 18.2 Å². The Morgan fingerprint density at radius 3 is 2.42 bits per heavy atom. The highest BCUT2D eigenvalue weighted by molar-refractivity contribution is 5.76. The first kappa shape index (κ1) is 20.4. The lowest BCUT2D eigenvalue weighted by Crippen LogP contribution is -2.42. The molecule has 0 aliphatic rings. The van der Waals surface area contributed by atoms with Gasteiger partial charge < -0.3 is 4.74 Å². The number of ether oxygens (including phenoxy) is 1. The molecule has 0 saturated heterocycles. The molecular weight excluding hydrogens is 321 g/mol. The Labute approximate surface area is 140 Å². The molecule has 1 heterocycles. The van der Waals surface area contributed by atoms with Crippen LogP contribution in [0.1, 0.15) is 52.3 Å². The highest BCUT2D eigenvalue weighted by Gasteiger charge is 2.34. The second-order valence-corrected chi connectivity index (χ2v) is 7.09. The number of halogens is 3. The van der Waals surface area contributed by atoms with E-state index in [1.54, 1.807) is 20.8 Å².